The molecule has 33 heavy (non-hydrogen) atoms. The number of benzene rings is 2. The van der Waals surface area contributed by atoms with Gasteiger partial charge in [0.05, 0.1) is 11.2 Å². The van der Waals surface area contributed by atoms with Gasteiger partial charge in [0, 0.05) is 41.5 Å². The third-order valence-electron chi connectivity index (χ3n) is 7.23. The van der Waals surface area contributed by atoms with Crippen molar-refractivity contribution < 1.29 is 9.50 Å². The lowest BCUT2D eigenvalue weighted by Crippen LogP contribution is -2.24. The molecule has 3 aromatic rings. The maximum Gasteiger partial charge on any atom is 0.194 e. The van der Waals surface area contributed by atoms with Crippen LogP contribution in [0.5, 0.6) is 5.75 Å². The lowest BCUT2D eigenvalue weighted by Gasteiger charge is -2.25. The number of aromatic nitrogens is 1. The standard InChI is InChI=1S/C27H32FN3O2/c28-24-14-23-26(15-25(24)30-20-6-2-1-3-7-20)31(21-8-4-5-9-21)17-18(27(23)33)16-29-19-10-12-22(32)13-11-19/h10-15,17,20-21,29-30,32H,1-9,16H2. The first-order chi connectivity index (χ1) is 16.1. The van der Waals surface area contributed by atoms with E-state index in [4.69, 9.17) is 0 Å². The molecule has 5 nitrogen and oxygen atoms in total. The molecule has 0 atom stereocenters. The van der Waals surface area contributed by atoms with Crippen LogP contribution in [0.1, 0.15) is 69.4 Å². The molecule has 2 saturated carbocycles. The Bertz CT molecular complexity index is 1180. The van der Waals surface area contributed by atoms with Gasteiger partial charge in [-0.25, -0.2) is 4.39 Å². The summed E-state index contributed by atoms with van der Waals surface area (Å²) in [6.07, 6.45) is 12.2. The lowest BCUT2D eigenvalue weighted by atomic mass is 9.95. The number of hydrogen-bond acceptors (Lipinski definition) is 4. The maximum absolute atomic E-state index is 15.1. The van der Waals surface area contributed by atoms with Gasteiger partial charge in [-0.15, -0.1) is 0 Å². The van der Waals surface area contributed by atoms with E-state index in [2.05, 4.69) is 15.2 Å². The third-order valence-corrected chi connectivity index (χ3v) is 7.23. The second-order valence-electron chi connectivity index (χ2n) is 9.56. The molecule has 0 bridgehead atoms. The van der Waals surface area contributed by atoms with Gasteiger partial charge in [-0.3, -0.25) is 4.79 Å². The van der Waals surface area contributed by atoms with E-state index < -0.39 is 0 Å². The van der Waals surface area contributed by atoms with Crippen LogP contribution in [-0.4, -0.2) is 15.7 Å². The van der Waals surface area contributed by atoms with Crippen molar-refractivity contribution in [2.75, 3.05) is 10.6 Å². The highest BCUT2D eigenvalue weighted by atomic mass is 19.1. The van der Waals surface area contributed by atoms with Gasteiger partial charge in [-0.2, -0.15) is 0 Å². The van der Waals surface area contributed by atoms with Gasteiger partial charge >= 0.3 is 0 Å². The zero-order valence-corrected chi connectivity index (χ0v) is 18.9. The van der Waals surface area contributed by atoms with Crippen molar-refractivity contribution in [2.45, 2.75) is 76.4 Å². The Hall–Kier alpha value is -3.02. The number of anilines is 2. The van der Waals surface area contributed by atoms with Crippen LogP contribution in [0.25, 0.3) is 10.9 Å². The Morgan fingerprint density at radius 1 is 0.970 bits per heavy atom. The normalized spacial score (nSPS) is 17.5. The quantitative estimate of drug-likeness (QED) is 0.385. The molecule has 2 aromatic carbocycles. The average molecular weight is 450 g/mol. The number of aromatic hydroxyl groups is 1. The van der Waals surface area contributed by atoms with Gasteiger partial charge in [0.1, 0.15) is 11.6 Å². The van der Waals surface area contributed by atoms with Gasteiger partial charge in [0.2, 0.25) is 0 Å². The summed E-state index contributed by atoms with van der Waals surface area (Å²) in [4.78, 5) is 13.3. The predicted molar refractivity (Wildman–Crippen MR) is 132 cm³/mol. The van der Waals surface area contributed by atoms with Crippen molar-refractivity contribution in [3.63, 3.8) is 0 Å². The summed E-state index contributed by atoms with van der Waals surface area (Å²) < 4.78 is 17.3. The molecule has 0 radical (unpaired) electrons. The van der Waals surface area contributed by atoms with Crippen LogP contribution in [0, 0.1) is 5.82 Å². The number of hydrogen-bond donors (Lipinski definition) is 3. The first-order valence-corrected chi connectivity index (χ1v) is 12.3. The van der Waals surface area contributed by atoms with Gasteiger partial charge < -0.3 is 20.3 Å². The Morgan fingerprint density at radius 3 is 2.39 bits per heavy atom. The number of nitrogens with one attached hydrogen (secondary N) is 2. The Morgan fingerprint density at radius 2 is 1.67 bits per heavy atom. The van der Waals surface area contributed by atoms with Crippen LogP contribution in [0.3, 0.4) is 0 Å². The number of pyridine rings is 1. The number of halogens is 1. The Balaban J connectivity index is 1.52. The van der Waals surface area contributed by atoms with Crippen LogP contribution >= 0.6 is 0 Å². The summed E-state index contributed by atoms with van der Waals surface area (Å²) in [6, 6.07) is 10.7. The zero-order valence-electron chi connectivity index (χ0n) is 18.9. The molecule has 1 aromatic heterocycles. The summed E-state index contributed by atoms with van der Waals surface area (Å²) >= 11 is 0. The summed E-state index contributed by atoms with van der Waals surface area (Å²) in [5.74, 6) is -0.158. The second-order valence-corrected chi connectivity index (χ2v) is 9.56. The molecule has 0 unspecified atom stereocenters. The fourth-order valence-corrected chi connectivity index (χ4v) is 5.39. The van der Waals surface area contributed by atoms with Gasteiger partial charge in [0.15, 0.2) is 5.43 Å². The van der Waals surface area contributed by atoms with E-state index in [-0.39, 0.29) is 17.0 Å². The molecule has 0 amide bonds. The fourth-order valence-electron chi connectivity index (χ4n) is 5.39. The van der Waals surface area contributed by atoms with Crippen molar-refractivity contribution in [3.8, 4) is 5.75 Å². The van der Waals surface area contributed by atoms with Crippen molar-refractivity contribution in [2.24, 2.45) is 0 Å². The van der Waals surface area contributed by atoms with Gasteiger partial charge in [-0.1, -0.05) is 32.1 Å². The SMILES string of the molecule is O=c1c(CNc2ccc(O)cc2)cn(C2CCCC2)c2cc(NC3CCCCC3)c(F)cc12. The van der Waals surface area contributed by atoms with E-state index in [0.29, 0.717) is 35.3 Å². The van der Waals surface area contributed by atoms with E-state index in [1.807, 2.05) is 12.3 Å². The molecule has 0 aliphatic heterocycles. The second kappa shape index (κ2) is 9.46. The molecule has 174 valence electrons. The first-order valence-electron chi connectivity index (χ1n) is 12.3. The molecular weight excluding hydrogens is 417 g/mol. The molecule has 2 aliphatic rings. The zero-order chi connectivity index (χ0) is 22.8. The number of rotatable bonds is 6. The molecule has 0 saturated heterocycles. The van der Waals surface area contributed by atoms with Gasteiger partial charge in [-0.05, 0) is 62.1 Å². The van der Waals surface area contributed by atoms with Crippen LogP contribution in [0.4, 0.5) is 15.8 Å². The monoisotopic (exact) mass is 449 g/mol. The van der Waals surface area contributed by atoms with Crippen molar-refractivity contribution >= 4 is 22.3 Å². The van der Waals surface area contributed by atoms with Crippen molar-refractivity contribution in [1.82, 2.24) is 4.57 Å². The van der Waals surface area contributed by atoms with Crippen LogP contribution in [0.15, 0.2) is 47.4 Å². The topological polar surface area (TPSA) is 66.3 Å². The third kappa shape index (κ3) is 4.70. The molecule has 2 fully saturated rings. The minimum atomic E-state index is -0.355. The largest absolute Gasteiger partial charge is 0.508 e. The van der Waals surface area contributed by atoms with Crippen molar-refractivity contribution in [1.29, 1.82) is 0 Å². The highest BCUT2D eigenvalue weighted by Crippen LogP contribution is 2.34. The summed E-state index contributed by atoms with van der Waals surface area (Å²) in [7, 11) is 0. The smallest absolute Gasteiger partial charge is 0.194 e. The summed E-state index contributed by atoms with van der Waals surface area (Å²) in [6.45, 7) is 0.343. The Kier molecular flexibility index (Phi) is 6.25. The fraction of sp³-hybridized carbons (Fsp3) is 0.444. The molecule has 0 spiro atoms. The number of phenols is 1. The number of phenolic OH excluding ortho intramolecular Hbond substituents is 1. The number of fused-ring (bicyclic) bond motifs is 1. The minimum Gasteiger partial charge on any atom is -0.508 e. The van der Waals surface area contributed by atoms with Gasteiger partial charge in [0.25, 0.3) is 0 Å². The molecular formula is C27H32FN3O2. The average Bonchev–Trinajstić information content (AvgIpc) is 3.36. The van der Waals surface area contributed by atoms with Crippen LogP contribution in [0.2, 0.25) is 0 Å². The predicted octanol–water partition coefficient (Wildman–Crippen LogP) is 6.32. The number of nitrogens with zero attached hydrogens (tertiary/aromatic N) is 1. The highest BCUT2D eigenvalue weighted by Gasteiger charge is 2.22. The van der Waals surface area contributed by atoms with E-state index >= 15 is 4.39 Å². The van der Waals surface area contributed by atoms with E-state index in [0.717, 1.165) is 36.9 Å². The molecule has 5 rings (SSSR count). The van der Waals surface area contributed by atoms with Crippen LogP contribution < -0.4 is 16.1 Å². The molecule has 2 aliphatic carbocycles. The molecule has 1 heterocycles. The van der Waals surface area contributed by atoms with E-state index in [9.17, 15) is 9.90 Å². The van der Waals surface area contributed by atoms with Crippen LogP contribution in [-0.2, 0) is 6.54 Å². The summed E-state index contributed by atoms with van der Waals surface area (Å²) in [5, 5.41) is 16.6. The maximum atomic E-state index is 15.1. The van der Waals surface area contributed by atoms with Crippen molar-refractivity contribution in [3.05, 3.63) is 64.2 Å². The van der Waals surface area contributed by atoms with E-state index in [1.54, 1.807) is 24.3 Å². The first kappa shape index (κ1) is 21.8. The van der Waals surface area contributed by atoms with E-state index in [1.165, 1.54) is 38.2 Å². The minimum absolute atomic E-state index is 0.131. The Labute approximate surface area is 193 Å². The highest BCUT2D eigenvalue weighted by molar-refractivity contribution is 5.84. The molecule has 6 heteroatoms. The molecule has 3 N–H and O–H groups in total. The summed E-state index contributed by atoms with van der Waals surface area (Å²) in [5.41, 5.74) is 2.64. The lowest BCUT2D eigenvalue weighted by molar-refractivity contribution is 0.460.